The van der Waals surface area contributed by atoms with Gasteiger partial charge in [-0.15, -0.1) is 0 Å². The number of oxazole rings is 1. The predicted octanol–water partition coefficient (Wildman–Crippen LogP) is 1.43. The van der Waals surface area contributed by atoms with Gasteiger partial charge in [-0.2, -0.15) is 9.40 Å². The standard InChI is InChI=1S/C17H20N4O4S/c1-19-10-13(9-18-19)12-4-3-7-21(11-12)26(23,24)14-5-6-16-15(8-14)20(2)17(22)25-16/h5-6,8-10,12H,3-4,7,11H2,1-2H3. The zero-order chi connectivity index (χ0) is 18.5. The van der Waals surface area contributed by atoms with Gasteiger partial charge in [-0.05, 0) is 36.6 Å². The summed E-state index contributed by atoms with van der Waals surface area (Å²) in [5.41, 5.74) is 1.90. The lowest BCUT2D eigenvalue weighted by atomic mass is 9.94. The molecular weight excluding hydrogens is 356 g/mol. The molecule has 1 atom stereocenters. The minimum Gasteiger partial charge on any atom is -0.408 e. The van der Waals surface area contributed by atoms with Crippen LogP contribution in [0, 0.1) is 0 Å². The van der Waals surface area contributed by atoms with Crippen molar-refractivity contribution in [2.24, 2.45) is 14.1 Å². The van der Waals surface area contributed by atoms with Gasteiger partial charge in [0.25, 0.3) is 0 Å². The average Bonchev–Trinajstić information content (AvgIpc) is 3.19. The summed E-state index contributed by atoms with van der Waals surface area (Å²) < 4.78 is 35.9. The molecule has 0 aliphatic carbocycles. The maximum absolute atomic E-state index is 13.1. The first kappa shape index (κ1) is 17.0. The van der Waals surface area contributed by atoms with Crippen LogP contribution in [0.15, 0.2) is 44.7 Å². The number of aromatic nitrogens is 3. The van der Waals surface area contributed by atoms with Gasteiger partial charge in [0.15, 0.2) is 5.58 Å². The van der Waals surface area contributed by atoms with E-state index in [-0.39, 0.29) is 10.8 Å². The number of piperidine rings is 1. The van der Waals surface area contributed by atoms with Gasteiger partial charge in [0.1, 0.15) is 0 Å². The Morgan fingerprint density at radius 3 is 2.81 bits per heavy atom. The fraction of sp³-hybridized carbons (Fsp3) is 0.412. The van der Waals surface area contributed by atoms with E-state index in [1.54, 1.807) is 17.9 Å². The minimum absolute atomic E-state index is 0.134. The molecule has 8 nitrogen and oxygen atoms in total. The molecular formula is C17H20N4O4S. The number of rotatable bonds is 3. The second kappa shape index (κ2) is 6.10. The van der Waals surface area contributed by atoms with Crippen molar-refractivity contribution in [3.8, 4) is 0 Å². The van der Waals surface area contributed by atoms with Crippen molar-refractivity contribution in [3.63, 3.8) is 0 Å². The molecule has 1 aliphatic rings. The molecule has 0 N–H and O–H groups in total. The monoisotopic (exact) mass is 376 g/mol. The Morgan fingerprint density at radius 1 is 1.27 bits per heavy atom. The molecule has 0 bridgehead atoms. The van der Waals surface area contributed by atoms with E-state index in [0.29, 0.717) is 24.2 Å². The second-order valence-corrected chi connectivity index (χ2v) is 8.64. The predicted molar refractivity (Wildman–Crippen MR) is 95.4 cm³/mol. The number of hydrogen-bond donors (Lipinski definition) is 0. The SMILES string of the molecule is Cn1cc(C2CCCN(S(=O)(=O)c3ccc4oc(=O)n(C)c4c3)C2)cn1. The van der Waals surface area contributed by atoms with Crippen LogP contribution in [0.5, 0.6) is 0 Å². The fourth-order valence-electron chi connectivity index (χ4n) is 3.50. The van der Waals surface area contributed by atoms with Gasteiger partial charge in [-0.1, -0.05) is 0 Å². The van der Waals surface area contributed by atoms with Crippen LogP contribution in [-0.2, 0) is 24.1 Å². The highest BCUT2D eigenvalue weighted by atomic mass is 32.2. The summed E-state index contributed by atoms with van der Waals surface area (Å²) in [6.07, 6.45) is 5.47. The highest BCUT2D eigenvalue weighted by molar-refractivity contribution is 7.89. The largest absolute Gasteiger partial charge is 0.419 e. The van der Waals surface area contributed by atoms with Crippen molar-refractivity contribution in [1.82, 2.24) is 18.7 Å². The van der Waals surface area contributed by atoms with Crippen molar-refractivity contribution in [2.45, 2.75) is 23.7 Å². The molecule has 0 saturated carbocycles. The van der Waals surface area contributed by atoms with Gasteiger partial charge in [0.05, 0.1) is 16.6 Å². The highest BCUT2D eigenvalue weighted by Crippen LogP contribution is 2.30. The molecule has 0 spiro atoms. The summed E-state index contributed by atoms with van der Waals surface area (Å²) in [5, 5.41) is 4.19. The number of hydrogen-bond acceptors (Lipinski definition) is 5. The molecule has 1 unspecified atom stereocenters. The first-order chi connectivity index (χ1) is 12.4. The number of nitrogens with zero attached hydrogens (tertiary/aromatic N) is 4. The zero-order valence-corrected chi connectivity index (χ0v) is 15.4. The maximum Gasteiger partial charge on any atom is 0.419 e. The minimum atomic E-state index is -3.65. The summed E-state index contributed by atoms with van der Waals surface area (Å²) >= 11 is 0. The Morgan fingerprint density at radius 2 is 2.08 bits per heavy atom. The summed E-state index contributed by atoms with van der Waals surface area (Å²) in [6.45, 7) is 0.915. The molecule has 9 heteroatoms. The summed E-state index contributed by atoms with van der Waals surface area (Å²) in [5.74, 6) is -0.376. The lowest BCUT2D eigenvalue weighted by Crippen LogP contribution is -2.39. The molecule has 138 valence electrons. The Balaban J connectivity index is 1.67. The molecule has 1 aromatic carbocycles. The van der Waals surface area contributed by atoms with Crippen LogP contribution in [0.4, 0.5) is 0 Å². The van der Waals surface area contributed by atoms with Crippen LogP contribution in [0.1, 0.15) is 24.3 Å². The van der Waals surface area contributed by atoms with Crippen molar-refractivity contribution in [2.75, 3.05) is 13.1 Å². The van der Waals surface area contributed by atoms with Crippen LogP contribution < -0.4 is 5.76 Å². The van der Waals surface area contributed by atoms with E-state index < -0.39 is 15.8 Å². The highest BCUT2D eigenvalue weighted by Gasteiger charge is 2.31. The van der Waals surface area contributed by atoms with Gasteiger partial charge < -0.3 is 4.42 Å². The van der Waals surface area contributed by atoms with Crippen molar-refractivity contribution in [1.29, 1.82) is 0 Å². The lowest BCUT2D eigenvalue weighted by molar-refractivity contribution is 0.315. The van der Waals surface area contributed by atoms with Crippen molar-refractivity contribution in [3.05, 3.63) is 46.7 Å². The van der Waals surface area contributed by atoms with E-state index in [1.807, 2.05) is 13.2 Å². The molecule has 3 aromatic rings. The molecule has 3 heterocycles. The van der Waals surface area contributed by atoms with E-state index in [1.165, 1.54) is 27.1 Å². The molecule has 1 saturated heterocycles. The number of benzene rings is 1. The molecule has 26 heavy (non-hydrogen) atoms. The van der Waals surface area contributed by atoms with E-state index in [4.69, 9.17) is 4.42 Å². The fourth-order valence-corrected chi connectivity index (χ4v) is 5.04. The summed E-state index contributed by atoms with van der Waals surface area (Å²) in [6, 6.07) is 4.53. The van der Waals surface area contributed by atoms with Crippen LogP contribution >= 0.6 is 0 Å². The number of sulfonamides is 1. The molecule has 1 aliphatic heterocycles. The van der Waals surface area contributed by atoms with Crippen LogP contribution in [-0.4, -0.2) is 40.2 Å². The second-order valence-electron chi connectivity index (χ2n) is 6.71. The normalized spacial score (nSPS) is 19.2. The Bertz CT molecular complexity index is 1130. The topological polar surface area (TPSA) is 90.3 Å². The van der Waals surface area contributed by atoms with E-state index >= 15 is 0 Å². The molecule has 4 rings (SSSR count). The molecule has 0 amide bonds. The first-order valence-electron chi connectivity index (χ1n) is 8.44. The van der Waals surface area contributed by atoms with E-state index in [0.717, 1.165) is 18.4 Å². The number of aryl methyl sites for hydroxylation is 2. The van der Waals surface area contributed by atoms with Crippen molar-refractivity contribution >= 4 is 21.1 Å². The summed E-state index contributed by atoms with van der Waals surface area (Å²) in [7, 11) is -0.234. The Kier molecular flexibility index (Phi) is 4.00. The lowest BCUT2D eigenvalue weighted by Gasteiger charge is -2.31. The first-order valence-corrected chi connectivity index (χ1v) is 9.88. The van der Waals surface area contributed by atoms with Gasteiger partial charge in [0.2, 0.25) is 10.0 Å². The van der Waals surface area contributed by atoms with E-state index in [2.05, 4.69) is 5.10 Å². The third-order valence-electron chi connectivity index (χ3n) is 4.98. The van der Waals surface area contributed by atoms with Crippen LogP contribution in [0.2, 0.25) is 0 Å². The van der Waals surface area contributed by atoms with Gasteiger partial charge in [0, 0.05) is 39.3 Å². The Hall–Kier alpha value is -2.39. The summed E-state index contributed by atoms with van der Waals surface area (Å²) in [4.78, 5) is 11.8. The third kappa shape index (κ3) is 2.77. The zero-order valence-electron chi connectivity index (χ0n) is 14.6. The van der Waals surface area contributed by atoms with E-state index in [9.17, 15) is 13.2 Å². The van der Waals surface area contributed by atoms with Gasteiger partial charge >= 0.3 is 5.76 Å². The molecule has 1 fully saturated rings. The number of fused-ring (bicyclic) bond motifs is 1. The van der Waals surface area contributed by atoms with Gasteiger partial charge in [-0.25, -0.2) is 13.2 Å². The van der Waals surface area contributed by atoms with Crippen LogP contribution in [0.25, 0.3) is 11.1 Å². The smallest absolute Gasteiger partial charge is 0.408 e. The molecule has 2 aromatic heterocycles. The Labute approximate surface area is 150 Å². The quantitative estimate of drug-likeness (QED) is 0.690. The average molecular weight is 376 g/mol. The third-order valence-corrected chi connectivity index (χ3v) is 6.84. The molecule has 0 radical (unpaired) electrons. The van der Waals surface area contributed by atoms with Crippen molar-refractivity contribution < 1.29 is 12.8 Å². The van der Waals surface area contributed by atoms with Gasteiger partial charge in [-0.3, -0.25) is 9.25 Å². The van der Waals surface area contributed by atoms with Crippen LogP contribution in [0.3, 0.4) is 0 Å². The maximum atomic E-state index is 13.1.